The van der Waals surface area contributed by atoms with Crippen molar-refractivity contribution in [2.24, 2.45) is 10.9 Å². The van der Waals surface area contributed by atoms with Crippen molar-refractivity contribution in [3.8, 4) is 0 Å². The minimum absolute atomic E-state index is 0.225. The number of ether oxygens (including phenoxy) is 1. The third-order valence-electron chi connectivity index (χ3n) is 2.54. The Balaban J connectivity index is 2.43. The number of amidine groups is 1. The molecule has 0 unspecified atom stereocenters. The summed E-state index contributed by atoms with van der Waals surface area (Å²) in [5, 5.41) is 7.02. The van der Waals surface area contributed by atoms with Gasteiger partial charge >= 0.3 is 5.97 Å². The molecule has 19 heavy (non-hydrogen) atoms. The number of rotatable bonds is 3. The molecule has 6 heteroatoms. The quantitative estimate of drug-likeness (QED) is 0.255. The van der Waals surface area contributed by atoms with Gasteiger partial charge in [-0.1, -0.05) is 6.08 Å². The standard InChI is InChI=1S/C13H24N4O2/c1-13(2,3)19-12(18)6-4-5-11(16-14)17-9-7-15-8-10-17/h4-5,15H,6-10,14H2,1-3H3/b5-4-,16-11+. The molecule has 0 amide bonds. The van der Waals surface area contributed by atoms with E-state index in [0.29, 0.717) is 5.84 Å². The van der Waals surface area contributed by atoms with Gasteiger partial charge in [0.05, 0.1) is 6.42 Å². The van der Waals surface area contributed by atoms with E-state index in [4.69, 9.17) is 10.6 Å². The fourth-order valence-corrected chi connectivity index (χ4v) is 1.77. The van der Waals surface area contributed by atoms with E-state index in [2.05, 4.69) is 15.3 Å². The molecular weight excluding hydrogens is 244 g/mol. The fraction of sp³-hybridized carbons (Fsp3) is 0.692. The van der Waals surface area contributed by atoms with Gasteiger partial charge in [0.1, 0.15) is 11.4 Å². The van der Waals surface area contributed by atoms with Gasteiger partial charge in [0, 0.05) is 26.2 Å². The molecule has 0 radical (unpaired) electrons. The Kier molecular flexibility index (Phi) is 5.82. The summed E-state index contributed by atoms with van der Waals surface area (Å²) >= 11 is 0. The maximum absolute atomic E-state index is 11.5. The van der Waals surface area contributed by atoms with Gasteiger partial charge < -0.3 is 20.8 Å². The van der Waals surface area contributed by atoms with Gasteiger partial charge in [-0.2, -0.15) is 5.10 Å². The van der Waals surface area contributed by atoms with Crippen LogP contribution in [0.3, 0.4) is 0 Å². The molecule has 1 aliphatic rings. The summed E-state index contributed by atoms with van der Waals surface area (Å²) in [6.07, 6.45) is 3.74. The molecule has 1 rings (SSSR count). The zero-order chi connectivity index (χ0) is 14.3. The molecule has 6 nitrogen and oxygen atoms in total. The Labute approximate surface area is 114 Å². The maximum atomic E-state index is 11.5. The van der Waals surface area contributed by atoms with Crippen LogP contribution in [0.2, 0.25) is 0 Å². The van der Waals surface area contributed by atoms with Gasteiger partial charge in [0.2, 0.25) is 0 Å². The van der Waals surface area contributed by atoms with E-state index in [0.717, 1.165) is 26.2 Å². The molecule has 3 N–H and O–H groups in total. The SMILES string of the molecule is CC(C)(C)OC(=O)C/C=C\C(=N/N)N1CCNCC1. The zero-order valence-electron chi connectivity index (χ0n) is 12.0. The second-order valence-electron chi connectivity index (χ2n) is 5.42. The Hall–Kier alpha value is -1.56. The summed E-state index contributed by atoms with van der Waals surface area (Å²) in [5.41, 5.74) is -0.450. The molecule has 0 bridgehead atoms. The van der Waals surface area contributed by atoms with E-state index in [-0.39, 0.29) is 12.4 Å². The normalized spacial score (nSPS) is 17.8. The van der Waals surface area contributed by atoms with Crippen molar-refractivity contribution < 1.29 is 9.53 Å². The number of esters is 1. The first kappa shape index (κ1) is 15.5. The van der Waals surface area contributed by atoms with E-state index < -0.39 is 5.60 Å². The van der Waals surface area contributed by atoms with E-state index >= 15 is 0 Å². The summed E-state index contributed by atoms with van der Waals surface area (Å²) in [7, 11) is 0. The number of nitrogens with two attached hydrogens (primary N) is 1. The van der Waals surface area contributed by atoms with Gasteiger partial charge in [0.15, 0.2) is 0 Å². The zero-order valence-corrected chi connectivity index (χ0v) is 12.0. The van der Waals surface area contributed by atoms with Crippen LogP contribution in [0.15, 0.2) is 17.3 Å². The first-order valence-electron chi connectivity index (χ1n) is 6.54. The molecule has 0 aliphatic carbocycles. The molecule has 0 aromatic rings. The highest BCUT2D eigenvalue weighted by Gasteiger charge is 2.15. The van der Waals surface area contributed by atoms with Crippen LogP contribution in [0.4, 0.5) is 0 Å². The van der Waals surface area contributed by atoms with E-state index in [1.807, 2.05) is 20.8 Å². The van der Waals surface area contributed by atoms with Crippen molar-refractivity contribution in [3.63, 3.8) is 0 Å². The first-order chi connectivity index (χ1) is 8.92. The van der Waals surface area contributed by atoms with Gasteiger partial charge in [-0.15, -0.1) is 0 Å². The summed E-state index contributed by atoms with van der Waals surface area (Å²) in [6.45, 7) is 9.11. The van der Waals surface area contributed by atoms with Gasteiger partial charge in [0.25, 0.3) is 0 Å². The Morgan fingerprint density at radius 1 is 1.42 bits per heavy atom. The van der Waals surface area contributed by atoms with Gasteiger partial charge in [-0.05, 0) is 26.8 Å². The van der Waals surface area contributed by atoms with Crippen LogP contribution in [0.25, 0.3) is 0 Å². The monoisotopic (exact) mass is 268 g/mol. The fourth-order valence-electron chi connectivity index (χ4n) is 1.77. The second-order valence-corrected chi connectivity index (χ2v) is 5.42. The van der Waals surface area contributed by atoms with Crippen LogP contribution in [-0.4, -0.2) is 48.5 Å². The predicted octanol–water partition coefficient (Wildman–Crippen LogP) is 0.452. The second kappa shape index (κ2) is 7.13. The summed E-state index contributed by atoms with van der Waals surface area (Å²) < 4.78 is 5.21. The number of nitrogens with zero attached hydrogens (tertiary/aromatic N) is 2. The third kappa shape index (κ3) is 6.24. The number of carbonyl (C=O) groups excluding carboxylic acids is 1. The highest BCUT2D eigenvalue weighted by atomic mass is 16.6. The van der Waals surface area contributed by atoms with Crippen LogP contribution in [0, 0.1) is 0 Å². The average molecular weight is 268 g/mol. The minimum atomic E-state index is -0.450. The van der Waals surface area contributed by atoms with Gasteiger partial charge in [-0.25, -0.2) is 0 Å². The molecule has 108 valence electrons. The van der Waals surface area contributed by atoms with Crippen LogP contribution in [0.5, 0.6) is 0 Å². The van der Waals surface area contributed by atoms with Crippen LogP contribution >= 0.6 is 0 Å². The number of hydrazone groups is 1. The number of hydrogen-bond donors (Lipinski definition) is 2. The highest BCUT2D eigenvalue weighted by molar-refractivity contribution is 5.93. The highest BCUT2D eigenvalue weighted by Crippen LogP contribution is 2.08. The molecule has 1 heterocycles. The lowest BCUT2D eigenvalue weighted by Crippen LogP contribution is -2.46. The lowest BCUT2D eigenvalue weighted by Gasteiger charge is -2.28. The topological polar surface area (TPSA) is 79.9 Å². The van der Waals surface area contributed by atoms with Crippen LogP contribution < -0.4 is 11.2 Å². The van der Waals surface area contributed by atoms with E-state index in [1.54, 1.807) is 12.2 Å². The maximum Gasteiger partial charge on any atom is 0.310 e. The molecule has 1 saturated heterocycles. The van der Waals surface area contributed by atoms with Gasteiger partial charge in [-0.3, -0.25) is 4.79 Å². The number of nitrogens with one attached hydrogen (secondary N) is 1. The van der Waals surface area contributed by atoms with Crippen molar-refractivity contribution in [1.82, 2.24) is 10.2 Å². The molecule has 1 fully saturated rings. The van der Waals surface area contributed by atoms with Crippen molar-refractivity contribution in [2.45, 2.75) is 32.8 Å². The Morgan fingerprint density at radius 2 is 2.05 bits per heavy atom. The molecule has 0 aromatic heterocycles. The van der Waals surface area contributed by atoms with Crippen LogP contribution in [-0.2, 0) is 9.53 Å². The number of piperazine rings is 1. The van der Waals surface area contributed by atoms with Crippen molar-refractivity contribution in [3.05, 3.63) is 12.2 Å². The van der Waals surface area contributed by atoms with E-state index in [9.17, 15) is 4.79 Å². The molecule has 0 saturated carbocycles. The Bertz CT molecular complexity index is 352. The summed E-state index contributed by atoms with van der Waals surface area (Å²) in [4.78, 5) is 13.6. The molecule has 1 aliphatic heterocycles. The average Bonchev–Trinajstić information content (AvgIpc) is 2.33. The van der Waals surface area contributed by atoms with Crippen molar-refractivity contribution in [2.75, 3.05) is 26.2 Å². The largest absolute Gasteiger partial charge is 0.460 e. The van der Waals surface area contributed by atoms with Crippen molar-refractivity contribution >= 4 is 11.8 Å². The summed E-state index contributed by atoms with van der Waals surface area (Å²) in [6, 6.07) is 0. The summed E-state index contributed by atoms with van der Waals surface area (Å²) in [5.74, 6) is 5.83. The molecule has 0 aromatic carbocycles. The lowest BCUT2D eigenvalue weighted by molar-refractivity contribution is -0.153. The lowest BCUT2D eigenvalue weighted by atomic mass is 10.2. The van der Waals surface area contributed by atoms with Crippen LogP contribution in [0.1, 0.15) is 27.2 Å². The Morgan fingerprint density at radius 3 is 2.58 bits per heavy atom. The number of hydrogen-bond acceptors (Lipinski definition) is 5. The molecule has 0 spiro atoms. The van der Waals surface area contributed by atoms with E-state index in [1.165, 1.54) is 0 Å². The number of carbonyl (C=O) groups is 1. The smallest absolute Gasteiger partial charge is 0.310 e. The molecule has 0 atom stereocenters. The molecular formula is C13H24N4O2. The van der Waals surface area contributed by atoms with Crippen molar-refractivity contribution in [1.29, 1.82) is 0 Å². The first-order valence-corrected chi connectivity index (χ1v) is 6.54. The third-order valence-corrected chi connectivity index (χ3v) is 2.54. The minimum Gasteiger partial charge on any atom is -0.460 e. The predicted molar refractivity (Wildman–Crippen MR) is 75.7 cm³/mol.